The first-order valence-electron chi connectivity index (χ1n) is 9.19. The van der Waals surface area contributed by atoms with Crippen molar-refractivity contribution in [2.24, 2.45) is 5.92 Å². The molecule has 4 rings (SSSR count). The summed E-state index contributed by atoms with van der Waals surface area (Å²) in [6.07, 6.45) is 2.11. The molecule has 1 saturated heterocycles. The molecule has 4 nitrogen and oxygen atoms in total. The molecule has 3 aromatic rings. The highest BCUT2D eigenvalue weighted by Gasteiger charge is 2.27. The van der Waals surface area contributed by atoms with Crippen molar-refractivity contribution in [3.63, 3.8) is 0 Å². The number of nitrogens with zero attached hydrogens (tertiary/aromatic N) is 2. The summed E-state index contributed by atoms with van der Waals surface area (Å²) in [5.74, 6) is 1.37. The Balaban J connectivity index is 1.41. The van der Waals surface area contributed by atoms with Crippen LogP contribution in [0.1, 0.15) is 28.2 Å². The minimum Gasteiger partial charge on any atom is -0.493 e. The van der Waals surface area contributed by atoms with Gasteiger partial charge in [-0.1, -0.05) is 24.3 Å². The summed E-state index contributed by atoms with van der Waals surface area (Å²) < 4.78 is 5.91. The van der Waals surface area contributed by atoms with Gasteiger partial charge in [0, 0.05) is 19.0 Å². The van der Waals surface area contributed by atoms with Crippen LogP contribution in [0.4, 0.5) is 0 Å². The summed E-state index contributed by atoms with van der Waals surface area (Å²) in [7, 11) is 0. The lowest BCUT2D eigenvalue weighted by Crippen LogP contribution is -2.41. The first kappa shape index (κ1) is 18.2. The third kappa shape index (κ3) is 4.22. The molecule has 1 aliphatic rings. The van der Waals surface area contributed by atoms with Crippen LogP contribution in [0.5, 0.6) is 5.75 Å². The number of carbonyl (C=O) groups excluding carboxylic acids is 1. The average Bonchev–Trinajstić information content (AvgIpc) is 3.36. The lowest BCUT2D eigenvalue weighted by Gasteiger charge is -2.32. The van der Waals surface area contributed by atoms with Gasteiger partial charge in [0.05, 0.1) is 17.2 Å². The monoisotopic (exact) mass is 398 g/mol. The molecule has 6 heteroatoms. The SMILES string of the molecule is Cc1nc(-c2cccs2)sc1C(=O)N1CCCC(COc2ccccc2)C1. The van der Waals surface area contributed by atoms with E-state index < -0.39 is 0 Å². The van der Waals surface area contributed by atoms with Crippen LogP contribution in [0.3, 0.4) is 0 Å². The van der Waals surface area contributed by atoms with Crippen LogP contribution >= 0.6 is 22.7 Å². The molecule has 0 radical (unpaired) electrons. The molecule has 0 aliphatic carbocycles. The van der Waals surface area contributed by atoms with E-state index in [4.69, 9.17) is 4.74 Å². The Bertz CT molecular complexity index is 890. The van der Waals surface area contributed by atoms with E-state index in [-0.39, 0.29) is 5.91 Å². The van der Waals surface area contributed by atoms with Crippen molar-refractivity contribution >= 4 is 28.6 Å². The zero-order chi connectivity index (χ0) is 18.6. The number of rotatable bonds is 5. The number of piperidine rings is 1. The summed E-state index contributed by atoms with van der Waals surface area (Å²) in [4.78, 5) is 21.6. The molecular weight excluding hydrogens is 376 g/mol. The molecule has 0 N–H and O–H groups in total. The molecule has 0 bridgehead atoms. The Labute approximate surface area is 167 Å². The van der Waals surface area contributed by atoms with Crippen LogP contribution in [0.2, 0.25) is 0 Å². The maximum atomic E-state index is 13.1. The fourth-order valence-corrected chi connectivity index (χ4v) is 5.19. The van der Waals surface area contributed by atoms with Crippen LogP contribution in [0, 0.1) is 12.8 Å². The first-order chi connectivity index (χ1) is 13.2. The molecule has 0 saturated carbocycles. The number of hydrogen-bond donors (Lipinski definition) is 0. The van der Waals surface area contributed by atoms with Crippen molar-refractivity contribution in [1.29, 1.82) is 0 Å². The second-order valence-electron chi connectivity index (χ2n) is 6.79. The van der Waals surface area contributed by atoms with E-state index in [1.54, 1.807) is 11.3 Å². The third-order valence-corrected chi connectivity index (χ3v) is 6.94. The summed E-state index contributed by atoms with van der Waals surface area (Å²) in [6, 6.07) is 13.9. The van der Waals surface area contributed by atoms with Gasteiger partial charge in [0.15, 0.2) is 0 Å². The van der Waals surface area contributed by atoms with E-state index in [9.17, 15) is 4.79 Å². The Kier molecular flexibility index (Phi) is 5.55. The van der Waals surface area contributed by atoms with Crippen LogP contribution in [-0.4, -0.2) is 35.5 Å². The van der Waals surface area contributed by atoms with Gasteiger partial charge in [0.25, 0.3) is 5.91 Å². The Morgan fingerprint density at radius 2 is 2.11 bits per heavy atom. The first-order valence-corrected chi connectivity index (χ1v) is 10.9. The smallest absolute Gasteiger partial charge is 0.265 e. The van der Waals surface area contributed by atoms with Gasteiger partial charge in [-0.05, 0) is 43.3 Å². The van der Waals surface area contributed by atoms with E-state index in [0.29, 0.717) is 12.5 Å². The highest BCUT2D eigenvalue weighted by atomic mass is 32.1. The highest BCUT2D eigenvalue weighted by Crippen LogP contribution is 2.32. The number of aromatic nitrogens is 1. The topological polar surface area (TPSA) is 42.4 Å². The fourth-order valence-electron chi connectivity index (χ4n) is 3.36. The fraction of sp³-hybridized carbons (Fsp3) is 0.333. The molecule has 1 fully saturated rings. The number of thiazole rings is 1. The zero-order valence-electron chi connectivity index (χ0n) is 15.3. The number of hydrogen-bond acceptors (Lipinski definition) is 5. The van der Waals surface area contributed by atoms with E-state index in [1.807, 2.05) is 53.6 Å². The van der Waals surface area contributed by atoms with Crippen molar-refractivity contribution in [1.82, 2.24) is 9.88 Å². The number of para-hydroxylation sites is 1. The lowest BCUT2D eigenvalue weighted by molar-refractivity contribution is 0.0637. The van der Waals surface area contributed by atoms with E-state index in [0.717, 1.165) is 52.1 Å². The van der Waals surface area contributed by atoms with E-state index >= 15 is 0 Å². The maximum absolute atomic E-state index is 13.1. The number of ether oxygens (including phenoxy) is 1. The predicted octanol–water partition coefficient (Wildman–Crippen LogP) is 5.11. The number of benzene rings is 1. The average molecular weight is 399 g/mol. The van der Waals surface area contributed by atoms with Crippen LogP contribution in [-0.2, 0) is 0 Å². The predicted molar refractivity (Wildman–Crippen MR) is 111 cm³/mol. The minimum absolute atomic E-state index is 0.109. The van der Waals surface area contributed by atoms with Gasteiger partial charge < -0.3 is 9.64 Å². The zero-order valence-corrected chi connectivity index (χ0v) is 16.9. The van der Waals surface area contributed by atoms with Gasteiger partial charge in [-0.25, -0.2) is 4.98 Å². The molecule has 1 atom stereocenters. The normalized spacial score (nSPS) is 17.1. The molecule has 140 valence electrons. The highest BCUT2D eigenvalue weighted by molar-refractivity contribution is 7.22. The molecule has 1 unspecified atom stereocenters. The molecule has 2 aromatic heterocycles. The van der Waals surface area contributed by atoms with Crippen LogP contribution in [0.25, 0.3) is 9.88 Å². The Morgan fingerprint density at radius 3 is 2.89 bits per heavy atom. The number of aryl methyl sites for hydroxylation is 1. The molecule has 1 aliphatic heterocycles. The second kappa shape index (κ2) is 8.23. The molecule has 1 amide bonds. The summed E-state index contributed by atoms with van der Waals surface area (Å²) in [6.45, 7) is 4.14. The Hall–Kier alpha value is -2.18. The lowest BCUT2D eigenvalue weighted by atomic mass is 9.98. The number of amides is 1. The largest absolute Gasteiger partial charge is 0.493 e. The Morgan fingerprint density at radius 1 is 1.26 bits per heavy atom. The van der Waals surface area contributed by atoms with Gasteiger partial charge in [0.1, 0.15) is 15.6 Å². The van der Waals surface area contributed by atoms with Gasteiger partial charge in [-0.3, -0.25) is 4.79 Å². The van der Waals surface area contributed by atoms with E-state index in [2.05, 4.69) is 11.1 Å². The van der Waals surface area contributed by atoms with Crippen LogP contribution < -0.4 is 4.74 Å². The number of likely N-dealkylation sites (tertiary alicyclic amines) is 1. The third-order valence-electron chi connectivity index (χ3n) is 4.76. The van der Waals surface area contributed by atoms with Crippen molar-refractivity contribution in [2.45, 2.75) is 19.8 Å². The van der Waals surface area contributed by atoms with E-state index in [1.165, 1.54) is 11.3 Å². The summed E-state index contributed by atoms with van der Waals surface area (Å²) >= 11 is 3.16. The summed E-state index contributed by atoms with van der Waals surface area (Å²) in [5.41, 5.74) is 0.830. The number of thiophene rings is 1. The molecular formula is C21H22N2O2S2. The van der Waals surface area contributed by atoms with Gasteiger partial charge >= 0.3 is 0 Å². The van der Waals surface area contributed by atoms with Crippen molar-refractivity contribution < 1.29 is 9.53 Å². The minimum atomic E-state index is 0.109. The standard InChI is InChI=1S/C21H22N2O2S2/c1-15-19(27-20(22-15)18-10-6-12-26-18)21(24)23-11-5-7-16(13-23)14-25-17-8-3-2-4-9-17/h2-4,6,8-10,12,16H,5,7,11,13-14H2,1H3. The molecule has 1 aromatic carbocycles. The quantitative estimate of drug-likeness (QED) is 0.600. The van der Waals surface area contributed by atoms with Crippen molar-refractivity contribution in [3.8, 4) is 15.6 Å². The van der Waals surface area contributed by atoms with Crippen molar-refractivity contribution in [3.05, 3.63) is 58.4 Å². The maximum Gasteiger partial charge on any atom is 0.265 e. The van der Waals surface area contributed by atoms with Gasteiger partial charge in [-0.15, -0.1) is 22.7 Å². The van der Waals surface area contributed by atoms with Gasteiger partial charge in [0.2, 0.25) is 0 Å². The summed E-state index contributed by atoms with van der Waals surface area (Å²) in [5, 5.41) is 2.97. The van der Waals surface area contributed by atoms with Crippen molar-refractivity contribution in [2.75, 3.05) is 19.7 Å². The van der Waals surface area contributed by atoms with Crippen LogP contribution in [0.15, 0.2) is 47.8 Å². The molecule has 3 heterocycles. The molecule has 0 spiro atoms. The second-order valence-corrected chi connectivity index (χ2v) is 8.74. The number of carbonyl (C=O) groups is 1. The molecule has 27 heavy (non-hydrogen) atoms. The van der Waals surface area contributed by atoms with Gasteiger partial charge in [-0.2, -0.15) is 0 Å².